The summed E-state index contributed by atoms with van der Waals surface area (Å²) in [4.78, 5) is 12.4. The molecular formula is C19H17FN4O3S. The molecule has 28 heavy (non-hydrogen) atoms. The number of aromatic nitrogens is 3. The number of amides is 1. The Hall–Kier alpha value is -3.07. The SMILES string of the molecule is C[C@H](NC(=O)CSc1nncn1-c1ccccc1F)c1ccc2c(c1)OCO2. The molecule has 4 rings (SSSR count). The Bertz CT molecular complexity index is 1010. The summed E-state index contributed by atoms with van der Waals surface area (Å²) in [7, 11) is 0. The maximum Gasteiger partial charge on any atom is 0.231 e. The Kier molecular flexibility index (Phi) is 5.16. The van der Waals surface area contributed by atoms with Gasteiger partial charge in [0.1, 0.15) is 12.1 Å². The average molecular weight is 400 g/mol. The van der Waals surface area contributed by atoms with Crippen LogP contribution in [0.3, 0.4) is 0 Å². The zero-order chi connectivity index (χ0) is 19.5. The number of rotatable bonds is 6. The van der Waals surface area contributed by atoms with Crippen LogP contribution in [0.4, 0.5) is 4.39 Å². The largest absolute Gasteiger partial charge is 0.454 e. The zero-order valence-electron chi connectivity index (χ0n) is 15.0. The fraction of sp³-hybridized carbons (Fsp3) is 0.211. The van der Waals surface area contributed by atoms with Gasteiger partial charge in [-0.05, 0) is 36.8 Å². The van der Waals surface area contributed by atoms with Gasteiger partial charge in [0.2, 0.25) is 12.7 Å². The number of hydrogen-bond donors (Lipinski definition) is 1. The minimum absolute atomic E-state index is 0.127. The third-order valence-corrected chi connectivity index (χ3v) is 5.18. The third-order valence-electron chi connectivity index (χ3n) is 4.23. The second-order valence-electron chi connectivity index (χ2n) is 6.13. The lowest BCUT2D eigenvalue weighted by atomic mass is 10.1. The molecule has 0 saturated carbocycles. The highest BCUT2D eigenvalue weighted by Gasteiger charge is 2.18. The summed E-state index contributed by atoms with van der Waals surface area (Å²) in [6.45, 7) is 2.10. The fourth-order valence-corrected chi connectivity index (χ4v) is 3.55. The van der Waals surface area contributed by atoms with Crippen LogP contribution in [0.15, 0.2) is 53.9 Å². The molecule has 0 radical (unpaired) electrons. The lowest BCUT2D eigenvalue weighted by Crippen LogP contribution is -2.28. The molecule has 7 nitrogen and oxygen atoms in total. The highest BCUT2D eigenvalue weighted by atomic mass is 32.2. The molecule has 0 bridgehead atoms. The monoisotopic (exact) mass is 400 g/mol. The van der Waals surface area contributed by atoms with Gasteiger partial charge in [-0.25, -0.2) is 4.39 Å². The Morgan fingerprint density at radius 2 is 2.11 bits per heavy atom. The number of carbonyl (C=O) groups is 1. The van der Waals surface area contributed by atoms with Gasteiger partial charge in [0.05, 0.1) is 17.5 Å². The van der Waals surface area contributed by atoms with Gasteiger partial charge in [0.25, 0.3) is 0 Å². The first-order chi connectivity index (χ1) is 13.6. The molecule has 9 heteroatoms. The molecule has 0 saturated heterocycles. The van der Waals surface area contributed by atoms with E-state index in [1.54, 1.807) is 18.2 Å². The third kappa shape index (κ3) is 3.79. The van der Waals surface area contributed by atoms with Gasteiger partial charge in [0.15, 0.2) is 16.7 Å². The van der Waals surface area contributed by atoms with Gasteiger partial charge in [-0.2, -0.15) is 0 Å². The van der Waals surface area contributed by atoms with Gasteiger partial charge in [-0.15, -0.1) is 10.2 Å². The molecule has 2 heterocycles. The van der Waals surface area contributed by atoms with E-state index >= 15 is 0 Å². The van der Waals surface area contributed by atoms with Crippen LogP contribution < -0.4 is 14.8 Å². The van der Waals surface area contributed by atoms with E-state index < -0.39 is 0 Å². The molecule has 1 aliphatic rings. The van der Waals surface area contributed by atoms with Gasteiger partial charge < -0.3 is 14.8 Å². The fourth-order valence-electron chi connectivity index (χ4n) is 2.81. The molecule has 1 aromatic heterocycles. The van der Waals surface area contributed by atoms with E-state index in [1.165, 1.54) is 28.7 Å². The average Bonchev–Trinajstić information content (AvgIpc) is 3.35. The first kappa shape index (κ1) is 18.3. The number of hydrogen-bond acceptors (Lipinski definition) is 6. The van der Waals surface area contributed by atoms with Crippen molar-refractivity contribution in [2.45, 2.75) is 18.1 Å². The summed E-state index contributed by atoms with van der Waals surface area (Å²) in [6, 6.07) is 11.7. The van der Waals surface area contributed by atoms with Crippen molar-refractivity contribution >= 4 is 17.7 Å². The normalized spacial score (nSPS) is 13.4. The minimum atomic E-state index is -0.384. The van der Waals surface area contributed by atoms with Gasteiger partial charge in [-0.1, -0.05) is 30.0 Å². The van der Waals surface area contributed by atoms with Gasteiger partial charge in [-0.3, -0.25) is 9.36 Å². The molecule has 1 amide bonds. The summed E-state index contributed by atoms with van der Waals surface area (Å²) < 4.78 is 26.2. The summed E-state index contributed by atoms with van der Waals surface area (Å²) >= 11 is 1.19. The maximum atomic E-state index is 14.0. The van der Waals surface area contributed by atoms with Crippen LogP contribution in [0, 0.1) is 5.82 Å². The summed E-state index contributed by atoms with van der Waals surface area (Å²) in [5, 5.41) is 11.2. The Morgan fingerprint density at radius 1 is 1.29 bits per heavy atom. The first-order valence-electron chi connectivity index (χ1n) is 8.58. The van der Waals surface area contributed by atoms with Crippen LogP contribution in [-0.2, 0) is 4.79 Å². The number of nitrogens with zero attached hydrogens (tertiary/aromatic N) is 3. The van der Waals surface area contributed by atoms with E-state index in [9.17, 15) is 9.18 Å². The summed E-state index contributed by atoms with van der Waals surface area (Å²) in [6.07, 6.45) is 1.42. The number of benzene rings is 2. The lowest BCUT2D eigenvalue weighted by molar-refractivity contribution is -0.119. The van der Waals surface area contributed by atoms with Crippen molar-refractivity contribution in [3.8, 4) is 17.2 Å². The summed E-state index contributed by atoms with van der Waals surface area (Å²) in [5.74, 6) is 0.946. The van der Waals surface area contributed by atoms with Crippen LogP contribution in [-0.4, -0.2) is 33.2 Å². The van der Waals surface area contributed by atoms with Crippen LogP contribution in [0.5, 0.6) is 11.5 Å². The smallest absolute Gasteiger partial charge is 0.231 e. The molecular weight excluding hydrogens is 383 g/mol. The van der Waals surface area contributed by atoms with E-state index in [-0.39, 0.29) is 30.3 Å². The van der Waals surface area contributed by atoms with E-state index in [0.29, 0.717) is 22.3 Å². The highest BCUT2D eigenvalue weighted by molar-refractivity contribution is 7.99. The predicted molar refractivity (Wildman–Crippen MR) is 101 cm³/mol. The molecule has 0 aliphatic carbocycles. The van der Waals surface area contributed by atoms with Gasteiger partial charge >= 0.3 is 0 Å². The zero-order valence-corrected chi connectivity index (χ0v) is 15.8. The first-order valence-corrected chi connectivity index (χ1v) is 9.57. The molecule has 0 fully saturated rings. The molecule has 1 aliphatic heterocycles. The molecule has 3 aromatic rings. The second kappa shape index (κ2) is 7.89. The molecule has 1 N–H and O–H groups in total. The second-order valence-corrected chi connectivity index (χ2v) is 7.07. The topological polar surface area (TPSA) is 78.3 Å². The van der Waals surface area contributed by atoms with E-state index in [1.807, 2.05) is 25.1 Å². The number of ether oxygens (including phenoxy) is 2. The lowest BCUT2D eigenvalue weighted by Gasteiger charge is -2.15. The molecule has 1 atom stereocenters. The van der Waals surface area contributed by atoms with Crippen molar-refractivity contribution in [1.82, 2.24) is 20.1 Å². The minimum Gasteiger partial charge on any atom is -0.454 e. The highest BCUT2D eigenvalue weighted by Crippen LogP contribution is 2.34. The van der Waals surface area contributed by atoms with Crippen LogP contribution in [0.25, 0.3) is 5.69 Å². The summed E-state index contributed by atoms with van der Waals surface area (Å²) in [5.41, 5.74) is 1.25. The number of para-hydroxylation sites is 1. The predicted octanol–water partition coefficient (Wildman–Crippen LogP) is 3.10. The van der Waals surface area contributed by atoms with Crippen molar-refractivity contribution in [2.24, 2.45) is 0 Å². The van der Waals surface area contributed by atoms with Crippen LogP contribution in [0.1, 0.15) is 18.5 Å². The quantitative estimate of drug-likeness (QED) is 0.641. The van der Waals surface area contributed by atoms with E-state index in [4.69, 9.17) is 9.47 Å². The standard InChI is InChI=1S/C19H17FN4O3S/c1-12(13-6-7-16-17(8-13)27-11-26-16)22-18(25)9-28-19-23-21-10-24(19)15-5-3-2-4-14(15)20/h2-8,10,12H,9,11H2,1H3,(H,22,25)/t12-/m0/s1. The number of thioether (sulfide) groups is 1. The van der Waals surface area contributed by atoms with E-state index in [0.717, 1.165) is 5.56 Å². The number of halogens is 1. The van der Waals surface area contributed by atoms with Gasteiger partial charge in [0, 0.05) is 0 Å². The molecule has 0 unspecified atom stereocenters. The number of fused-ring (bicyclic) bond motifs is 1. The van der Waals surface area contributed by atoms with Crippen molar-refractivity contribution < 1.29 is 18.7 Å². The van der Waals surface area contributed by atoms with Crippen LogP contribution >= 0.6 is 11.8 Å². The molecule has 144 valence electrons. The molecule has 2 aromatic carbocycles. The Balaban J connectivity index is 1.38. The molecule has 0 spiro atoms. The van der Waals surface area contributed by atoms with E-state index in [2.05, 4.69) is 15.5 Å². The Labute approximate surface area is 164 Å². The number of carbonyl (C=O) groups excluding carboxylic acids is 1. The maximum absolute atomic E-state index is 14.0. The van der Waals surface area contributed by atoms with Crippen molar-refractivity contribution in [2.75, 3.05) is 12.5 Å². The van der Waals surface area contributed by atoms with Crippen molar-refractivity contribution in [3.05, 3.63) is 60.2 Å². The Morgan fingerprint density at radius 3 is 2.96 bits per heavy atom. The van der Waals surface area contributed by atoms with Crippen LogP contribution in [0.2, 0.25) is 0 Å². The number of nitrogens with one attached hydrogen (secondary N) is 1. The van der Waals surface area contributed by atoms with Crippen molar-refractivity contribution in [1.29, 1.82) is 0 Å². The van der Waals surface area contributed by atoms with Crippen molar-refractivity contribution in [3.63, 3.8) is 0 Å².